The van der Waals surface area contributed by atoms with Crippen LogP contribution in [-0.2, 0) is 10.3 Å². The van der Waals surface area contributed by atoms with E-state index in [0.29, 0.717) is 0 Å². The van der Waals surface area contributed by atoms with Crippen LogP contribution in [0, 0.1) is 5.82 Å². The number of halogens is 4. The Morgan fingerprint density at radius 3 is 2.65 bits per heavy atom. The molecule has 2 atom stereocenters. The largest absolute Gasteiger partial charge is 0.444 e. The SMILES string of the molecule is CC(C)(C)OC(=O)Nc1ccc(F)c([C@@]2(CF)N[C@@H](S)CCC2(F)F)c1. The summed E-state index contributed by atoms with van der Waals surface area (Å²) in [5.74, 6) is -4.54. The van der Waals surface area contributed by atoms with Crippen molar-refractivity contribution in [3.8, 4) is 0 Å². The lowest BCUT2D eigenvalue weighted by Gasteiger charge is -2.45. The molecular weight excluding hydrogens is 372 g/mol. The number of carbonyl (C=O) groups excluding carboxylic acids is 1. The molecule has 2 rings (SSSR count). The van der Waals surface area contributed by atoms with Gasteiger partial charge in [0.1, 0.15) is 23.6 Å². The molecule has 1 aromatic rings. The molecule has 1 aliphatic heterocycles. The smallest absolute Gasteiger partial charge is 0.412 e. The van der Waals surface area contributed by atoms with Crippen LogP contribution >= 0.6 is 12.6 Å². The zero-order valence-electron chi connectivity index (χ0n) is 14.7. The van der Waals surface area contributed by atoms with Gasteiger partial charge >= 0.3 is 6.09 Å². The van der Waals surface area contributed by atoms with Crippen molar-refractivity contribution in [3.63, 3.8) is 0 Å². The van der Waals surface area contributed by atoms with E-state index in [1.807, 2.05) is 0 Å². The minimum absolute atomic E-state index is 0.00926. The summed E-state index contributed by atoms with van der Waals surface area (Å²) in [5.41, 5.74) is -3.89. The van der Waals surface area contributed by atoms with Crippen molar-refractivity contribution in [2.75, 3.05) is 12.0 Å². The van der Waals surface area contributed by atoms with Gasteiger partial charge in [-0.15, -0.1) is 0 Å². The third-order valence-corrected chi connectivity index (χ3v) is 4.43. The lowest BCUT2D eigenvalue weighted by atomic mass is 9.79. The van der Waals surface area contributed by atoms with E-state index in [9.17, 15) is 22.4 Å². The van der Waals surface area contributed by atoms with Gasteiger partial charge in [-0.1, -0.05) is 0 Å². The number of ether oxygens (including phenoxy) is 1. The second-order valence-corrected chi connectivity index (χ2v) is 7.89. The standard InChI is InChI=1S/C17H22F4N2O2S/c1-15(2,3)25-14(24)22-10-4-5-12(19)11(8-10)16(9-18)17(20,21)7-6-13(26)23-16/h4-5,8,13,23,26H,6-7,9H2,1-3H3,(H,22,24)/t13-,16+/m0/s1. The summed E-state index contributed by atoms with van der Waals surface area (Å²) >= 11 is 4.10. The summed E-state index contributed by atoms with van der Waals surface area (Å²) in [6.07, 6.45) is -1.46. The second kappa shape index (κ2) is 7.26. The molecule has 0 spiro atoms. The molecule has 1 aliphatic rings. The molecule has 0 saturated carbocycles. The van der Waals surface area contributed by atoms with Crippen LogP contribution in [0.3, 0.4) is 0 Å². The highest BCUT2D eigenvalue weighted by Gasteiger charge is 2.59. The van der Waals surface area contributed by atoms with Gasteiger partial charge < -0.3 is 4.74 Å². The van der Waals surface area contributed by atoms with Gasteiger partial charge in [-0.3, -0.25) is 10.6 Å². The van der Waals surface area contributed by atoms with Gasteiger partial charge in [-0.2, -0.15) is 12.6 Å². The Bertz CT molecular complexity index is 681. The normalized spacial score (nSPS) is 25.6. The molecule has 1 fully saturated rings. The monoisotopic (exact) mass is 394 g/mol. The minimum atomic E-state index is -3.54. The highest BCUT2D eigenvalue weighted by atomic mass is 32.1. The van der Waals surface area contributed by atoms with Crippen LogP contribution in [0.4, 0.5) is 28.0 Å². The van der Waals surface area contributed by atoms with Crippen molar-refractivity contribution < 1.29 is 27.1 Å². The van der Waals surface area contributed by atoms with Crippen molar-refractivity contribution >= 4 is 24.4 Å². The second-order valence-electron chi connectivity index (χ2n) is 7.26. The molecule has 0 aliphatic carbocycles. The Balaban J connectivity index is 2.40. The maximum Gasteiger partial charge on any atom is 0.412 e. The Labute approximate surface area is 155 Å². The molecule has 0 radical (unpaired) electrons. The lowest BCUT2D eigenvalue weighted by molar-refractivity contribution is -0.129. The quantitative estimate of drug-likeness (QED) is 0.518. The fourth-order valence-electron chi connectivity index (χ4n) is 2.83. The van der Waals surface area contributed by atoms with Crippen LogP contribution in [-0.4, -0.2) is 29.7 Å². The molecule has 0 aromatic heterocycles. The average molecular weight is 394 g/mol. The summed E-state index contributed by atoms with van der Waals surface area (Å²) < 4.78 is 62.4. The number of amides is 1. The highest BCUT2D eigenvalue weighted by molar-refractivity contribution is 7.80. The zero-order valence-corrected chi connectivity index (χ0v) is 15.6. The van der Waals surface area contributed by atoms with Gasteiger partial charge in [0.2, 0.25) is 0 Å². The fourth-order valence-corrected chi connectivity index (χ4v) is 3.18. The summed E-state index contributed by atoms with van der Waals surface area (Å²) in [6.45, 7) is 3.42. The molecule has 146 valence electrons. The fraction of sp³-hybridized carbons (Fsp3) is 0.588. The van der Waals surface area contributed by atoms with Crippen LogP contribution in [0.1, 0.15) is 39.2 Å². The number of anilines is 1. The Morgan fingerprint density at radius 2 is 2.08 bits per heavy atom. The number of hydrogen-bond donors (Lipinski definition) is 3. The number of rotatable bonds is 3. The molecule has 2 N–H and O–H groups in total. The number of piperidine rings is 1. The molecule has 1 aromatic carbocycles. The van der Waals surface area contributed by atoms with Crippen molar-refractivity contribution in [1.29, 1.82) is 0 Å². The summed E-state index contributed by atoms with van der Waals surface area (Å²) in [6, 6.07) is 3.08. The van der Waals surface area contributed by atoms with Crippen LogP contribution in [0.15, 0.2) is 18.2 Å². The van der Waals surface area contributed by atoms with Crippen LogP contribution in [0.5, 0.6) is 0 Å². The van der Waals surface area contributed by atoms with Crippen molar-refractivity contribution in [3.05, 3.63) is 29.6 Å². The van der Waals surface area contributed by atoms with E-state index >= 15 is 0 Å². The first-order valence-electron chi connectivity index (χ1n) is 8.10. The van der Waals surface area contributed by atoms with Crippen LogP contribution < -0.4 is 10.6 Å². The Kier molecular flexibility index (Phi) is 5.82. The van der Waals surface area contributed by atoms with Gasteiger partial charge in [0.15, 0.2) is 0 Å². The summed E-state index contributed by atoms with van der Waals surface area (Å²) in [5, 5.41) is 4.03. The summed E-state index contributed by atoms with van der Waals surface area (Å²) in [4.78, 5) is 11.9. The van der Waals surface area contributed by atoms with Crippen molar-refractivity contribution in [2.45, 2.75) is 56.0 Å². The number of nitrogens with one attached hydrogen (secondary N) is 2. The number of thiol groups is 1. The minimum Gasteiger partial charge on any atom is -0.444 e. The van der Waals surface area contributed by atoms with E-state index in [4.69, 9.17) is 4.74 Å². The van der Waals surface area contributed by atoms with E-state index < -0.39 is 53.0 Å². The number of hydrogen-bond acceptors (Lipinski definition) is 4. The first-order chi connectivity index (χ1) is 11.9. The van der Waals surface area contributed by atoms with E-state index in [1.54, 1.807) is 20.8 Å². The molecule has 0 unspecified atom stereocenters. The maximum atomic E-state index is 14.6. The Morgan fingerprint density at radius 1 is 1.42 bits per heavy atom. The first-order valence-corrected chi connectivity index (χ1v) is 8.61. The molecule has 1 amide bonds. The van der Waals surface area contributed by atoms with E-state index in [0.717, 1.165) is 12.1 Å². The maximum absolute atomic E-state index is 14.6. The predicted octanol–water partition coefficient (Wildman–Crippen LogP) is 4.61. The summed E-state index contributed by atoms with van der Waals surface area (Å²) in [7, 11) is 0. The van der Waals surface area contributed by atoms with Gasteiger partial charge in [0, 0.05) is 17.7 Å². The number of benzene rings is 1. The topological polar surface area (TPSA) is 50.4 Å². The number of alkyl halides is 3. The first kappa shape index (κ1) is 20.8. The molecule has 4 nitrogen and oxygen atoms in total. The zero-order chi connectivity index (χ0) is 19.8. The Hall–Kier alpha value is -1.48. The van der Waals surface area contributed by atoms with E-state index in [2.05, 4.69) is 23.3 Å². The molecule has 1 heterocycles. The third-order valence-electron chi connectivity index (χ3n) is 4.04. The lowest BCUT2D eigenvalue weighted by Crippen LogP contribution is -2.63. The molecule has 26 heavy (non-hydrogen) atoms. The molecule has 9 heteroatoms. The van der Waals surface area contributed by atoms with Crippen LogP contribution in [0.25, 0.3) is 0 Å². The molecule has 0 bridgehead atoms. The highest BCUT2D eigenvalue weighted by Crippen LogP contribution is 2.46. The third kappa shape index (κ3) is 4.25. The average Bonchev–Trinajstić information content (AvgIpc) is 2.50. The molecule has 1 saturated heterocycles. The van der Waals surface area contributed by atoms with Crippen LogP contribution in [0.2, 0.25) is 0 Å². The van der Waals surface area contributed by atoms with Gasteiger partial charge in [0.05, 0.1) is 5.37 Å². The van der Waals surface area contributed by atoms with Crippen molar-refractivity contribution in [1.82, 2.24) is 5.32 Å². The van der Waals surface area contributed by atoms with Gasteiger partial charge in [-0.25, -0.2) is 22.4 Å². The van der Waals surface area contributed by atoms with Gasteiger partial charge in [-0.05, 0) is 45.4 Å². The van der Waals surface area contributed by atoms with E-state index in [1.165, 1.54) is 6.07 Å². The van der Waals surface area contributed by atoms with Crippen molar-refractivity contribution in [2.24, 2.45) is 0 Å². The molecular formula is C17H22F4N2O2S. The predicted molar refractivity (Wildman–Crippen MR) is 94.0 cm³/mol. The van der Waals surface area contributed by atoms with E-state index in [-0.39, 0.29) is 12.1 Å². The van der Waals surface area contributed by atoms with Gasteiger partial charge in [0.25, 0.3) is 5.92 Å². The number of carbonyl (C=O) groups is 1.